The smallest absolute Gasteiger partial charge is 0.0447 e. The molecule has 0 nitrogen and oxygen atoms in total. The maximum atomic E-state index is 6.37. The van der Waals surface area contributed by atoms with E-state index in [4.69, 9.17) is 11.6 Å². The molecule has 3 rings (SSSR count). The van der Waals surface area contributed by atoms with Crippen LogP contribution in [-0.4, -0.2) is 0 Å². The highest BCUT2D eigenvalue weighted by Gasteiger charge is 2.21. The number of hydrogen-bond acceptors (Lipinski definition) is 1. The lowest BCUT2D eigenvalue weighted by atomic mass is 9.90. The van der Waals surface area contributed by atoms with Crippen LogP contribution >= 0.6 is 23.4 Å². The molecule has 2 aromatic carbocycles. The van der Waals surface area contributed by atoms with Crippen LogP contribution in [0.2, 0.25) is 5.02 Å². The third kappa shape index (κ3) is 2.82. The molecule has 19 heavy (non-hydrogen) atoms. The second-order valence-electron chi connectivity index (χ2n) is 4.36. The second-order valence-corrected chi connectivity index (χ2v) is 5.79. The van der Waals surface area contributed by atoms with Gasteiger partial charge in [0.15, 0.2) is 0 Å². The fourth-order valence-corrected chi connectivity index (χ4v) is 3.98. The zero-order chi connectivity index (χ0) is 13.8. The van der Waals surface area contributed by atoms with E-state index in [0.29, 0.717) is 5.92 Å². The Morgan fingerprint density at radius 2 is 1.79 bits per heavy atom. The molecule has 1 unspecified atom stereocenters. The normalized spacial score (nSPS) is 16.5. The molecule has 1 aliphatic rings. The van der Waals surface area contributed by atoms with Crippen molar-refractivity contribution < 1.29 is 0 Å². The molecule has 0 N–H and O–H groups in total. The molecule has 2 heteroatoms. The van der Waals surface area contributed by atoms with Gasteiger partial charge in [0.1, 0.15) is 0 Å². The first kappa shape index (κ1) is 14.5. The van der Waals surface area contributed by atoms with Gasteiger partial charge in [0.05, 0.1) is 0 Å². The highest BCUT2D eigenvalue weighted by atomic mass is 35.5. The molecule has 1 atom stereocenters. The van der Waals surface area contributed by atoms with Crippen LogP contribution in [-0.2, 0) is 5.75 Å². The Labute approximate surface area is 125 Å². The Morgan fingerprint density at radius 3 is 2.58 bits per heavy atom. The third-order valence-corrected chi connectivity index (χ3v) is 4.81. The Bertz CT molecular complexity index is 563. The average molecular weight is 291 g/mol. The van der Waals surface area contributed by atoms with E-state index in [0.717, 1.165) is 10.8 Å². The number of halogens is 1. The zero-order valence-electron chi connectivity index (χ0n) is 11.6. The molecule has 0 saturated carbocycles. The second kappa shape index (κ2) is 6.49. The summed E-state index contributed by atoms with van der Waals surface area (Å²) >= 11 is 8.27. The van der Waals surface area contributed by atoms with Gasteiger partial charge in [-0.1, -0.05) is 62.7 Å². The van der Waals surface area contributed by atoms with E-state index >= 15 is 0 Å². The standard InChI is InChI=1S/C15H13ClS.C2H6/c1-10-12-6-2-3-8-14(12)17-9-11-5-4-7-13(16)15(10)11;1-2/h2-8,10H,9H2,1H3;1-2H3. The van der Waals surface area contributed by atoms with Crippen molar-refractivity contribution in [3.8, 4) is 0 Å². The van der Waals surface area contributed by atoms with Gasteiger partial charge in [0, 0.05) is 21.6 Å². The molecule has 2 aromatic rings. The molecule has 0 saturated heterocycles. The van der Waals surface area contributed by atoms with E-state index in [1.54, 1.807) is 0 Å². The van der Waals surface area contributed by atoms with Crippen molar-refractivity contribution in [3.05, 3.63) is 64.2 Å². The van der Waals surface area contributed by atoms with E-state index in [-0.39, 0.29) is 0 Å². The van der Waals surface area contributed by atoms with E-state index in [1.165, 1.54) is 21.6 Å². The van der Waals surface area contributed by atoms with Crippen molar-refractivity contribution >= 4 is 23.4 Å². The van der Waals surface area contributed by atoms with Crippen LogP contribution < -0.4 is 0 Å². The summed E-state index contributed by atoms with van der Waals surface area (Å²) in [6, 6.07) is 14.9. The molecule has 1 heterocycles. The molecule has 0 aromatic heterocycles. The van der Waals surface area contributed by atoms with Crippen molar-refractivity contribution in [2.24, 2.45) is 0 Å². The van der Waals surface area contributed by atoms with Crippen LogP contribution in [0.5, 0.6) is 0 Å². The fraction of sp³-hybridized carbons (Fsp3) is 0.294. The summed E-state index contributed by atoms with van der Waals surface area (Å²) in [5.41, 5.74) is 4.06. The molecule has 0 fully saturated rings. The monoisotopic (exact) mass is 290 g/mol. The molecule has 1 aliphatic heterocycles. The van der Waals surface area contributed by atoms with Gasteiger partial charge >= 0.3 is 0 Å². The molecular weight excluding hydrogens is 272 g/mol. The maximum Gasteiger partial charge on any atom is 0.0447 e. The van der Waals surface area contributed by atoms with E-state index in [9.17, 15) is 0 Å². The van der Waals surface area contributed by atoms with Gasteiger partial charge in [-0.25, -0.2) is 0 Å². The van der Waals surface area contributed by atoms with E-state index in [2.05, 4.69) is 37.3 Å². The lowest BCUT2D eigenvalue weighted by molar-refractivity contribution is 0.890. The molecule has 100 valence electrons. The Kier molecular flexibility index (Phi) is 4.95. The van der Waals surface area contributed by atoms with E-state index in [1.807, 2.05) is 37.7 Å². The number of rotatable bonds is 0. The van der Waals surface area contributed by atoms with Gasteiger partial charge in [-0.3, -0.25) is 0 Å². The van der Waals surface area contributed by atoms with Gasteiger partial charge < -0.3 is 0 Å². The summed E-state index contributed by atoms with van der Waals surface area (Å²) in [4.78, 5) is 1.38. The third-order valence-electron chi connectivity index (χ3n) is 3.34. The number of fused-ring (bicyclic) bond motifs is 2. The predicted octanol–water partition coefficient (Wildman–Crippen LogP) is 6.12. The largest absolute Gasteiger partial charge is 0.121 e. The van der Waals surface area contributed by atoms with Gasteiger partial charge in [-0.2, -0.15) is 0 Å². The van der Waals surface area contributed by atoms with Crippen molar-refractivity contribution in [1.29, 1.82) is 0 Å². The number of benzene rings is 2. The van der Waals surface area contributed by atoms with Gasteiger partial charge in [-0.15, -0.1) is 11.8 Å². The summed E-state index contributed by atoms with van der Waals surface area (Å²) in [6.45, 7) is 6.25. The van der Waals surface area contributed by atoms with Gasteiger partial charge in [0.25, 0.3) is 0 Å². The summed E-state index contributed by atoms with van der Waals surface area (Å²) in [5, 5.41) is 0.896. The molecule has 0 radical (unpaired) electrons. The predicted molar refractivity (Wildman–Crippen MR) is 86.3 cm³/mol. The van der Waals surface area contributed by atoms with Crippen LogP contribution in [0.15, 0.2) is 47.4 Å². The Hall–Kier alpha value is -0.920. The van der Waals surface area contributed by atoms with Crippen LogP contribution in [0.25, 0.3) is 0 Å². The minimum Gasteiger partial charge on any atom is -0.121 e. The van der Waals surface area contributed by atoms with Crippen LogP contribution in [0.4, 0.5) is 0 Å². The fourth-order valence-electron chi connectivity index (χ4n) is 2.47. The average Bonchev–Trinajstić information content (AvgIpc) is 2.60. The van der Waals surface area contributed by atoms with Gasteiger partial charge in [-0.05, 0) is 28.8 Å². The first-order valence-electron chi connectivity index (χ1n) is 6.76. The number of thioether (sulfide) groups is 1. The first-order valence-corrected chi connectivity index (χ1v) is 8.12. The Balaban J connectivity index is 0.000000637. The van der Waals surface area contributed by atoms with Gasteiger partial charge in [0.2, 0.25) is 0 Å². The zero-order valence-corrected chi connectivity index (χ0v) is 13.2. The molecule has 0 amide bonds. The molecular formula is C17H19ClS. The van der Waals surface area contributed by atoms with Crippen molar-refractivity contribution in [3.63, 3.8) is 0 Å². The lowest BCUT2D eigenvalue weighted by Crippen LogP contribution is -1.99. The molecule has 0 spiro atoms. The van der Waals surface area contributed by atoms with Crippen molar-refractivity contribution in [1.82, 2.24) is 0 Å². The van der Waals surface area contributed by atoms with Crippen LogP contribution in [0.1, 0.15) is 43.4 Å². The van der Waals surface area contributed by atoms with Crippen molar-refractivity contribution in [2.75, 3.05) is 0 Å². The maximum absolute atomic E-state index is 6.37. The summed E-state index contributed by atoms with van der Waals surface area (Å²) in [6.07, 6.45) is 0. The highest BCUT2D eigenvalue weighted by Crippen LogP contribution is 2.42. The molecule has 0 bridgehead atoms. The first-order chi connectivity index (χ1) is 9.27. The molecule has 0 aliphatic carbocycles. The number of hydrogen-bond donors (Lipinski definition) is 0. The van der Waals surface area contributed by atoms with Crippen LogP contribution in [0.3, 0.4) is 0 Å². The minimum atomic E-state index is 0.380. The highest BCUT2D eigenvalue weighted by molar-refractivity contribution is 7.98. The van der Waals surface area contributed by atoms with E-state index < -0.39 is 0 Å². The van der Waals surface area contributed by atoms with Crippen molar-refractivity contribution in [2.45, 2.75) is 37.3 Å². The quantitative estimate of drug-likeness (QED) is 0.563. The van der Waals surface area contributed by atoms with Crippen LogP contribution in [0, 0.1) is 0 Å². The minimum absolute atomic E-state index is 0.380. The lowest BCUT2D eigenvalue weighted by Gasteiger charge is -2.16. The SMILES string of the molecule is CC.CC1c2ccccc2SCc2cccc(Cl)c21. The summed E-state index contributed by atoms with van der Waals surface area (Å²) < 4.78 is 0. The Morgan fingerprint density at radius 1 is 1.05 bits per heavy atom. The summed E-state index contributed by atoms with van der Waals surface area (Å²) in [5.74, 6) is 1.39. The summed E-state index contributed by atoms with van der Waals surface area (Å²) in [7, 11) is 0. The topological polar surface area (TPSA) is 0 Å².